The Kier molecular flexibility index (Phi) is 6.36. The number of hydrogen-bond donors (Lipinski definition) is 2. The molecule has 0 saturated carbocycles. The van der Waals surface area contributed by atoms with Crippen LogP contribution in [0.15, 0.2) is 24.3 Å². The molecule has 0 atom stereocenters. The molecule has 19 heavy (non-hydrogen) atoms. The number of methoxy groups -OCH3 is 1. The van der Waals surface area contributed by atoms with Crippen molar-refractivity contribution >= 4 is 27.2 Å². The van der Waals surface area contributed by atoms with Gasteiger partial charge in [-0.2, -0.15) is 0 Å². The largest absolute Gasteiger partial charge is 0.389 e. The van der Waals surface area contributed by atoms with E-state index in [1.165, 1.54) is 0 Å². The molecule has 106 valence electrons. The summed E-state index contributed by atoms with van der Waals surface area (Å²) >= 11 is 4.83. The number of nitrogens with one attached hydrogen (secondary N) is 1. The van der Waals surface area contributed by atoms with E-state index in [0.29, 0.717) is 30.1 Å². The quantitative estimate of drug-likeness (QED) is 0.548. The van der Waals surface area contributed by atoms with Gasteiger partial charge in [0.15, 0.2) is 0 Å². The molecule has 1 aromatic carbocycles. The summed E-state index contributed by atoms with van der Waals surface area (Å²) in [6.07, 6.45) is 0.649. The first-order chi connectivity index (χ1) is 8.94. The van der Waals surface area contributed by atoms with E-state index in [0.717, 1.165) is 5.56 Å². The van der Waals surface area contributed by atoms with E-state index in [2.05, 4.69) is 4.72 Å². The highest BCUT2D eigenvalue weighted by atomic mass is 32.2. The van der Waals surface area contributed by atoms with Crippen molar-refractivity contribution in [2.45, 2.75) is 12.2 Å². The lowest BCUT2D eigenvalue weighted by molar-refractivity contribution is 0.196. The molecule has 0 aromatic heterocycles. The third kappa shape index (κ3) is 6.11. The lowest BCUT2D eigenvalue weighted by Crippen LogP contribution is -2.26. The van der Waals surface area contributed by atoms with Crippen molar-refractivity contribution in [2.75, 3.05) is 20.3 Å². The van der Waals surface area contributed by atoms with Crippen LogP contribution in [0, 0.1) is 0 Å². The zero-order chi connectivity index (χ0) is 14.3. The lowest BCUT2D eigenvalue weighted by atomic mass is 10.1. The maximum atomic E-state index is 11.8. The van der Waals surface area contributed by atoms with Crippen LogP contribution in [0.1, 0.15) is 17.5 Å². The van der Waals surface area contributed by atoms with E-state index < -0.39 is 10.0 Å². The van der Waals surface area contributed by atoms with Crippen LogP contribution in [0.5, 0.6) is 0 Å². The first-order valence-corrected chi connectivity index (χ1v) is 7.85. The fourth-order valence-electron chi connectivity index (χ4n) is 1.48. The zero-order valence-corrected chi connectivity index (χ0v) is 12.4. The van der Waals surface area contributed by atoms with E-state index in [1.54, 1.807) is 31.4 Å². The Balaban J connectivity index is 2.55. The Labute approximate surface area is 119 Å². The molecule has 0 saturated heterocycles. The molecule has 0 fully saturated rings. The number of sulfonamides is 1. The highest BCUT2D eigenvalue weighted by Gasteiger charge is 2.10. The van der Waals surface area contributed by atoms with Crippen molar-refractivity contribution in [3.8, 4) is 0 Å². The summed E-state index contributed by atoms with van der Waals surface area (Å²) in [5.41, 5.74) is 6.89. The van der Waals surface area contributed by atoms with Gasteiger partial charge in [0.1, 0.15) is 4.99 Å². The molecule has 0 aliphatic carbocycles. The van der Waals surface area contributed by atoms with Crippen LogP contribution in [0.3, 0.4) is 0 Å². The van der Waals surface area contributed by atoms with Crippen molar-refractivity contribution < 1.29 is 13.2 Å². The molecule has 3 N–H and O–H groups in total. The molecule has 7 heteroatoms. The van der Waals surface area contributed by atoms with Gasteiger partial charge in [-0.15, -0.1) is 0 Å². The van der Waals surface area contributed by atoms with Crippen LogP contribution < -0.4 is 10.5 Å². The summed E-state index contributed by atoms with van der Waals surface area (Å²) in [5, 5.41) is 0. The predicted octanol–water partition coefficient (Wildman–Crippen LogP) is 0.777. The fourth-order valence-corrected chi connectivity index (χ4v) is 2.80. The smallest absolute Gasteiger partial charge is 0.215 e. The van der Waals surface area contributed by atoms with E-state index >= 15 is 0 Å². The Bertz CT molecular complexity index is 512. The van der Waals surface area contributed by atoms with Crippen LogP contribution in [0.4, 0.5) is 0 Å². The highest BCUT2D eigenvalue weighted by Crippen LogP contribution is 2.07. The molecule has 0 bridgehead atoms. The minimum atomic E-state index is -3.32. The number of rotatable bonds is 8. The summed E-state index contributed by atoms with van der Waals surface area (Å²) in [5.74, 6) is -0.0579. The van der Waals surface area contributed by atoms with Gasteiger partial charge in [-0.3, -0.25) is 0 Å². The standard InChI is InChI=1S/C12H18N2O3S2/c1-17-8-2-7-14-19(15,16)9-10-3-5-11(6-4-10)12(13)18/h3-6,14H,2,7-9H2,1H3,(H2,13,18). The zero-order valence-electron chi connectivity index (χ0n) is 10.8. The van der Waals surface area contributed by atoms with Crippen molar-refractivity contribution in [2.24, 2.45) is 5.73 Å². The average Bonchev–Trinajstić information content (AvgIpc) is 2.35. The molecule has 0 unspecified atom stereocenters. The maximum absolute atomic E-state index is 11.8. The van der Waals surface area contributed by atoms with Crippen LogP contribution in [0.2, 0.25) is 0 Å². The minimum absolute atomic E-state index is 0.0579. The summed E-state index contributed by atoms with van der Waals surface area (Å²) in [7, 11) is -1.74. The molecule has 0 aliphatic rings. The normalized spacial score (nSPS) is 11.4. The van der Waals surface area contributed by atoms with E-state index in [-0.39, 0.29) is 5.75 Å². The molecule has 0 amide bonds. The topological polar surface area (TPSA) is 81.4 Å². The van der Waals surface area contributed by atoms with Crippen molar-refractivity contribution in [1.82, 2.24) is 4.72 Å². The van der Waals surface area contributed by atoms with Crippen LogP contribution in [-0.4, -0.2) is 33.7 Å². The SMILES string of the molecule is COCCCNS(=O)(=O)Cc1ccc(C(N)=S)cc1. The Hall–Kier alpha value is -1.02. The number of nitrogens with two attached hydrogens (primary N) is 1. The second-order valence-electron chi connectivity index (χ2n) is 4.06. The van der Waals surface area contributed by atoms with Crippen molar-refractivity contribution in [3.63, 3.8) is 0 Å². The van der Waals surface area contributed by atoms with Gasteiger partial charge in [0.25, 0.3) is 0 Å². The summed E-state index contributed by atoms with van der Waals surface area (Å²) in [6.45, 7) is 0.909. The predicted molar refractivity (Wildman–Crippen MR) is 79.4 cm³/mol. The van der Waals surface area contributed by atoms with E-state index in [9.17, 15) is 8.42 Å². The first-order valence-electron chi connectivity index (χ1n) is 5.79. The number of thiocarbonyl (C=S) groups is 1. The summed E-state index contributed by atoms with van der Waals surface area (Å²) in [4.78, 5) is 0.298. The minimum Gasteiger partial charge on any atom is -0.389 e. The van der Waals surface area contributed by atoms with E-state index in [1.807, 2.05) is 0 Å². The second kappa shape index (κ2) is 7.54. The molecule has 0 spiro atoms. The number of ether oxygens (including phenoxy) is 1. The molecule has 1 rings (SSSR count). The van der Waals surface area contributed by atoms with E-state index in [4.69, 9.17) is 22.7 Å². The average molecular weight is 302 g/mol. The monoisotopic (exact) mass is 302 g/mol. The van der Waals surface area contributed by atoms with Gasteiger partial charge in [0.05, 0.1) is 5.75 Å². The Morgan fingerprint density at radius 2 is 2.00 bits per heavy atom. The van der Waals surface area contributed by atoms with Gasteiger partial charge in [0, 0.05) is 25.8 Å². The molecule has 5 nitrogen and oxygen atoms in total. The van der Waals surface area contributed by atoms with Crippen LogP contribution >= 0.6 is 12.2 Å². The lowest BCUT2D eigenvalue weighted by Gasteiger charge is -2.07. The molecule has 0 radical (unpaired) electrons. The summed E-state index contributed by atoms with van der Waals surface area (Å²) in [6, 6.07) is 6.86. The first kappa shape index (κ1) is 16.0. The molecule has 1 aromatic rings. The molecular weight excluding hydrogens is 284 g/mol. The van der Waals surface area contributed by atoms with Crippen LogP contribution in [-0.2, 0) is 20.5 Å². The molecule has 0 aliphatic heterocycles. The fraction of sp³-hybridized carbons (Fsp3) is 0.417. The third-order valence-electron chi connectivity index (χ3n) is 2.44. The maximum Gasteiger partial charge on any atom is 0.215 e. The molecule has 0 heterocycles. The Morgan fingerprint density at radius 1 is 1.37 bits per heavy atom. The Morgan fingerprint density at radius 3 is 2.53 bits per heavy atom. The van der Waals surface area contributed by atoms with Crippen LogP contribution in [0.25, 0.3) is 0 Å². The third-order valence-corrected chi connectivity index (χ3v) is 4.04. The number of hydrogen-bond acceptors (Lipinski definition) is 4. The highest BCUT2D eigenvalue weighted by molar-refractivity contribution is 7.88. The van der Waals surface area contributed by atoms with Crippen molar-refractivity contribution in [3.05, 3.63) is 35.4 Å². The summed E-state index contributed by atoms with van der Waals surface area (Å²) < 4.78 is 30.9. The van der Waals surface area contributed by atoms with Gasteiger partial charge in [-0.05, 0) is 12.0 Å². The second-order valence-corrected chi connectivity index (χ2v) is 6.31. The molecular formula is C12H18N2O3S2. The van der Waals surface area contributed by atoms with Crippen molar-refractivity contribution in [1.29, 1.82) is 0 Å². The van der Waals surface area contributed by atoms with Gasteiger partial charge >= 0.3 is 0 Å². The number of benzene rings is 1. The van der Waals surface area contributed by atoms with Gasteiger partial charge < -0.3 is 10.5 Å². The van der Waals surface area contributed by atoms with Gasteiger partial charge in [-0.25, -0.2) is 13.1 Å². The van der Waals surface area contributed by atoms with Gasteiger partial charge in [-0.1, -0.05) is 36.5 Å². The van der Waals surface area contributed by atoms with Gasteiger partial charge in [0.2, 0.25) is 10.0 Å².